The van der Waals surface area contributed by atoms with Gasteiger partial charge in [-0.05, 0) is 68.0 Å². The first-order chi connectivity index (χ1) is 19.0. The molecule has 1 saturated carbocycles. The number of fused-ring (bicyclic) bond motifs is 1. The zero-order valence-corrected chi connectivity index (χ0v) is 21.6. The van der Waals surface area contributed by atoms with Gasteiger partial charge >= 0.3 is 6.03 Å². The van der Waals surface area contributed by atoms with E-state index in [1.807, 2.05) is 66.3 Å². The molecule has 3 atom stereocenters. The van der Waals surface area contributed by atoms with Crippen molar-refractivity contribution in [2.75, 3.05) is 18.9 Å². The van der Waals surface area contributed by atoms with E-state index < -0.39 is 5.91 Å². The van der Waals surface area contributed by atoms with E-state index in [1.165, 1.54) is 17.3 Å². The Balaban J connectivity index is 1.24. The van der Waals surface area contributed by atoms with Gasteiger partial charge in [-0.2, -0.15) is 14.9 Å². The minimum Gasteiger partial charge on any atom is -0.457 e. The number of anilines is 1. The van der Waals surface area contributed by atoms with Gasteiger partial charge in [0.2, 0.25) is 0 Å². The third kappa shape index (κ3) is 4.71. The van der Waals surface area contributed by atoms with Crippen molar-refractivity contribution in [2.24, 2.45) is 11.7 Å². The van der Waals surface area contributed by atoms with Crippen LogP contribution in [-0.4, -0.2) is 61.0 Å². The van der Waals surface area contributed by atoms with E-state index in [4.69, 9.17) is 15.6 Å². The number of para-hydroxylation sites is 1. The molecule has 1 aliphatic heterocycles. The van der Waals surface area contributed by atoms with Crippen molar-refractivity contribution >= 4 is 17.8 Å². The van der Waals surface area contributed by atoms with Crippen LogP contribution in [0.3, 0.4) is 0 Å². The summed E-state index contributed by atoms with van der Waals surface area (Å²) in [5, 5.41) is 12.3. The summed E-state index contributed by atoms with van der Waals surface area (Å²) in [7, 11) is 1.81. The minimum absolute atomic E-state index is 0.0906. The second-order valence-electron chi connectivity index (χ2n) is 10.1. The summed E-state index contributed by atoms with van der Waals surface area (Å²) < 4.78 is 9.12. The van der Waals surface area contributed by atoms with Gasteiger partial charge in [-0.3, -0.25) is 4.79 Å². The molecule has 0 saturated heterocycles. The standard InChI is InChI=1S/C28H30N8O3/c1-34(28(38)35-17-30-16-32-35)20-10-7-19(15-20)23-13-14-31-27-24(26(29)37)25(33-36(23)27)18-8-11-22(12-9-18)39-21-5-3-2-4-6-21/h2-6,8-9,11-12,16-17,19-20,23,31H,7,10,13-15H2,1H3,(H2,29,37). The maximum atomic E-state index is 12.8. The van der Waals surface area contributed by atoms with Crippen LogP contribution in [0.25, 0.3) is 11.3 Å². The number of carbonyl (C=O) groups is 2. The second kappa shape index (κ2) is 10.2. The Kier molecular flexibility index (Phi) is 6.47. The molecule has 2 aliphatic rings. The number of amides is 2. The van der Waals surface area contributed by atoms with Gasteiger partial charge in [-0.15, -0.1) is 0 Å². The highest BCUT2D eigenvalue weighted by molar-refractivity contribution is 6.03. The fourth-order valence-corrected chi connectivity index (χ4v) is 5.80. The fraction of sp³-hybridized carbons (Fsp3) is 0.321. The van der Waals surface area contributed by atoms with Crippen molar-refractivity contribution in [1.82, 2.24) is 29.4 Å². The first kappa shape index (κ1) is 24.7. The Hall–Kier alpha value is -4.67. The number of primary amides is 1. The monoisotopic (exact) mass is 526 g/mol. The molecule has 11 nitrogen and oxygen atoms in total. The normalized spacial score (nSPS) is 20.2. The van der Waals surface area contributed by atoms with Crippen LogP contribution in [0.4, 0.5) is 10.6 Å². The van der Waals surface area contributed by atoms with Crippen molar-refractivity contribution < 1.29 is 14.3 Å². The third-order valence-corrected chi connectivity index (χ3v) is 7.76. The quantitative estimate of drug-likeness (QED) is 0.385. The Morgan fingerprint density at radius 2 is 1.82 bits per heavy atom. The van der Waals surface area contributed by atoms with Gasteiger partial charge < -0.3 is 20.7 Å². The molecule has 3 N–H and O–H groups in total. The number of hydrogen-bond donors (Lipinski definition) is 2. The summed E-state index contributed by atoms with van der Waals surface area (Å²) in [6.45, 7) is 0.717. The van der Waals surface area contributed by atoms with E-state index in [2.05, 4.69) is 15.4 Å². The number of nitrogens with two attached hydrogens (primary N) is 1. The molecule has 1 aliphatic carbocycles. The zero-order valence-electron chi connectivity index (χ0n) is 21.6. The van der Waals surface area contributed by atoms with Gasteiger partial charge in [0, 0.05) is 25.2 Å². The molecule has 200 valence electrons. The number of hydrogen-bond acceptors (Lipinski definition) is 7. The second-order valence-corrected chi connectivity index (χ2v) is 10.1. The predicted molar refractivity (Wildman–Crippen MR) is 145 cm³/mol. The van der Waals surface area contributed by atoms with E-state index in [0.29, 0.717) is 28.7 Å². The lowest BCUT2D eigenvalue weighted by molar-refractivity contribution is 0.100. The Morgan fingerprint density at radius 1 is 1.05 bits per heavy atom. The molecule has 39 heavy (non-hydrogen) atoms. The predicted octanol–water partition coefficient (Wildman–Crippen LogP) is 4.16. The third-order valence-electron chi connectivity index (χ3n) is 7.76. The van der Waals surface area contributed by atoms with Crippen LogP contribution in [0.5, 0.6) is 11.5 Å². The van der Waals surface area contributed by atoms with Crippen LogP contribution in [0, 0.1) is 5.92 Å². The average molecular weight is 527 g/mol. The summed E-state index contributed by atoms with van der Waals surface area (Å²) in [5.74, 6) is 1.88. The smallest absolute Gasteiger partial charge is 0.346 e. The largest absolute Gasteiger partial charge is 0.457 e. The van der Waals surface area contributed by atoms with Crippen molar-refractivity contribution in [3.05, 3.63) is 72.8 Å². The zero-order chi connectivity index (χ0) is 26.9. The molecule has 1 fully saturated rings. The van der Waals surface area contributed by atoms with E-state index in [0.717, 1.165) is 43.5 Å². The lowest BCUT2D eigenvalue weighted by Gasteiger charge is -2.31. The Morgan fingerprint density at radius 3 is 2.54 bits per heavy atom. The molecule has 11 heteroatoms. The van der Waals surface area contributed by atoms with Crippen LogP contribution in [-0.2, 0) is 0 Å². The maximum Gasteiger partial charge on any atom is 0.346 e. The molecule has 2 amide bonds. The molecular weight excluding hydrogens is 496 g/mol. The molecule has 2 aromatic heterocycles. The summed E-state index contributed by atoms with van der Waals surface area (Å²) >= 11 is 0. The average Bonchev–Trinajstić information content (AvgIpc) is 3.73. The molecule has 3 unspecified atom stereocenters. The molecular formula is C28H30N8O3. The van der Waals surface area contributed by atoms with Gasteiger partial charge in [-0.25, -0.2) is 14.5 Å². The number of rotatable bonds is 6. The van der Waals surface area contributed by atoms with Crippen LogP contribution < -0.4 is 15.8 Å². The van der Waals surface area contributed by atoms with Crippen LogP contribution in [0.1, 0.15) is 42.1 Å². The van der Waals surface area contributed by atoms with Crippen molar-refractivity contribution in [1.29, 1.82) is 0 Å². The first-order valence-electron chi connectivity index (χ1n) is 13.1. The lowest BCUT2D eigenvalue weighted by Crippen LogP contribution is -2.39. The van der Waals surface area contributed by atoms with Crippen LogP contribution in [0.15, 0.2) is 67.3 Å². The summed E-state index contributed by atoms with van der Waals surface area (Å²) in [4.78, 5) is 31.0. The summed E-state index contributed by atoms with van der Waals surface area (Å²) in [6, 6.07) is 17.1. The van der Waals surface area contributed by atoms with Gasteiger partial charge in [0.1, 0.15) is 41.2 Å². The van der Waals surface area contributed by atoms with Gasteiger partial charge in [0.05, 0.1) is 6.04 Å². The van der Waals surface area contributed by atoms with E-state index in [1.54, 1.807) is 4.90 Å². The molecule has 2 aromatic carbocycles. The first-order valence-corrected chi connectivity index (χ1v) is 13.1. The fourth-order valence-electron chi connectivity index (χ4n) is 5.80. The number of benzene rings is 2. The lowest BCUT2D eigenvalue weighted by atomic mass is 9.93. The molecule has 3 heterocycles. The van der Waals surface area contributed by atoms with Gasteiger partial charge in [0.15, 0.2) is 0 Å². The van der Waals surface area contributed by atoms with Gasteiger partial charge in [-0.1, -0.05) is 18.2 Å². The molecule has 0 spiro atoms. The Bertz CT molecular complexity index is 1470. The molecule has 4 aromatic rings. The molecule has 6 rings (SSSR count). The number of ether oxygens (including phenoxy) is 1. The highest BCUT2D eigenvalue weighted by Gasteiger charge is 2.39. The van der Waals surface area contributed by atoms with Crippen molar-refractivity contribution in [3.8, 4) is 22.8 Å². The topological polar surface area (TPSA) is 133 Å². The van der Waals surface area contributed by atoms with E-state index >= 15 is 0 Å². The SMILES string of the molecule is CN(C(=O)n1cncn1)C1CCC(C2CCNc3c(C(N)=O)c(-c4ccc(Oc5ccccc5)cc4)nn32)C1. The van der Waals surface area contributed by atoms with E-state index in [9.17, 15) is 9.59 Å². The highest BCUT2D eigenvalue weighted by atomic mass is 16.5. The van der Waals surface area contributed by atoms with Crippen molar-refractivity contribution in [2.45, 2.75) is 37.8 Å². The minimum atomic E-state index is -0.522. The number of nitrogens with one attached hydrogen (secondary N) is 1. The van der Waals surface area contributed by atoms with Crippen LogP contribution >= 0.6 is 0 Å². The van der Waals surface area contributed by atoms with E-state index in [-0.39, 0.29) is 18.1 Å². The number of carbonyl (C=O) groups excluding carboxylic acids is 2. The number of aromatic nitrogens is 5. The number of nitrogens with zero attached hydrogens (tertiary/aromatic N) is 6. The van der Waals surface area contributed by atoms with Crippen LogP contribution in [0.2, 0.25) is 0 Å². The highest BCUT2D eigenvalue weighted by Crippen LogP contribution is 2.43. The molecule has 0 bridgehead atoms. The Labute approximate surface area is 225 Å². The molecule has 0 radical (unpaired) electrons. The summed E-state index contributed by atoms with van der Waals surface area (Å²) in [6.07, 6.45) is 6.33. The maximum absolute atomic E-state index is 12.8. The summed E-state index contributed by atoms with van der Waals surface area (Å²) in [5.41, 5.74) is 7.61. The van der Waals surface area contributed by atoms with Crippen molar-refractivity contribution in [3.63, 3.8) is 0 Å². The van der Waals surface area contributed by atoms with Gasteiger partial charge in [0.25, 0.3) is 5.91 Å².